The first-order valence-electron chi connectivity index (χ1n) is 3.59. The van der Waals surface area contributed by atoms with E-state index < -0.39 is 0 Å². The third kappa shape index (κ3) is 11.2. The van der Waals surface area contributed by atoms with Crippen molar-refractivity contribution in [3.05, 3.63) is 60.7 Å². The van der Waals surface area contributed by atoms with E-state index in [0.717, 1.165) is 0 Å². The molecule has 0 aromatic heterocycles. The van der Waals surface area contributed by atoms with Crippen LogP contribution in [0.15, 0.2) is 60.7 Å². The zero-order valence-corrected chi connectivity index (χ0v) is 8.26. The summed E-state index contributed by atoms with van der Waals surface area (Å²) >= 11 is 0. The van der Waals surface area contributed by atoms with Crippen LogP contribution in [0.1, 0.15) is 0 Å². The maximum Gasteiger partial charge on any atom is 0.277 e. The second-order valence-electron chi connectivity index (χ2n) is 1.92. The largest absolute Gasteiger partial charge is 0.748 e. The molecular formula is C10H11BFeO-6. The zero-order chi connectivity index (χ0) is 9.07. The Labute approximate surface area is 91.1 Å². The van der Waals surface area contributed by atoms with Crippen molar-refractivity contribution in [1.82, 2.24) is 0 Å². The molecule has 0 unspecified atom stereocenters. The molecular weight excluding hydrogens is 203 g/mol. The molecule has 0 spiro atoms. The van der Waals surface area contributed by atoms with Gasteiger partial charge in [0, 0.05) is 17.1 Å². The zero-order valence-electron chi connectivity index (χ0n) is 7.15. The minimum absolute atomic E-state index is 0. The van der Waals surface area contributed by atoms with Gasteiger partial charge < -0.3 is 35.4 Å². The van der Waals surface area contributed by atoms with E-state index in [0.29, 0.717) is 0 Å². The summed E-state index contributed by atoms with van der Waals surface area (Å²) in [4.78, 5) is 0. The Bertz CT molecular complexity index is 154. The molecule has 0 aliphatic rings. The molecule has 2 aromatic rings. The Morgan fingerprint density at radius 1 is 0.769 bits per heavy atom. The van der Waals surface area contributed by atoms with Crippen molar-refractivity contribution >= 4 is 8.05 Å². The van der Waals surface area contributed by atoms with Gasteiger partial charge in [0.05, 0.1) is 0 Å². The summed E-state index contributed by atoms with van der Waals surface area (Å²) in [5.41, 5.74) is 0. The van der Waals surface area contributed by atoms with E-state index in [-0.39, 0.29) is 17.1 Å². The van der Waals surface area contributed by atoms with Crippen LogP contribution in [0.25, 0.3) is 0 Å². The predicted molar refractivity (Wildman–Crippen MR) is 52.0 cm³/mol. The Morgan fingerprint density at radius 2 is 1.08 bits per heavy atom. The summed E-state index contributed by atoms with van der Waals surface area (Å²) in [5.74, 6) is 0. The van der Waals surface area contributed by atoms with Crippen LogP contribution in [-0.4, -0.2) is 13.1 Å². The minimum atomic E-state index is 0. The molecule has 74 valence electrons. The fourth-order valence-corrected chi connectivity index (χ4v) is 0.642. The molecule has 0 saturated carbocycles. The van der Waals surface area contributed by atoms with Crippen molar-refractivity contribution in [2.45, 2.75) is 0 Å². The number of hydrogen-bond donors (Lipinski definition) is 1. The summed E-state index contributed by atoms with van der Waals surface area (Å²) in [5, 5.41) is 6.50. The molecule has 0 saturated heterocycles. The smallest absolute Gasteiger partial charge is 0.277 e. The van der Waals surface area contributed by atoms with Crippen LogP contribution in [0.4, 0.5) is 0 Å². The number of rotatable bonds is 0. The summed E-state index contributed by atoms with van der Waals surface area (Å²) in [6.07, 6.45) is 0. The van der Waals surface area contributed by atoms with Gasteiger partial charge >= 0.3 is 0 Å². The second kappa shape index (κ2) is 13.8. The fourth-order valence-electron chi connectivity index (χ4n) is 0.642. The van der Waals surface area contributed by atoms with Gasteiger partial charge in [-0.15, -0.1) is 0 Å². The molecule has 2 rings (SSSR count). The molecule has 3 heteroatoms. The first-order valence-corrected chi connectivity index (χ1v) is 3.59. The molecule has 0 atom stereocenters. The van der Waals surface area contributed by atoms with Crippen molar-refractivity contribution < 1.29 is 22.1 Å². The van der Waals surface area contributed by atoms with Gasteiger partial charge in [0.15, 0.2) is 0 Å². The predicted octanol–water partition coefficient (Wildman–Crippen LogP) is 1.87. The van der Waals surface area contributed by atoms with E-state index in [1.54, 1.807) is 0 Å². The van der Waals surface area contributed by atoms with E-state index in [2.05, 4.69) is 8.05 Å². The summed E-state index contributed by atoms with van der Waals surface area (Å²) in [6, 6.07) is 20.0. The fraction of sp³-hybridized carbons (Fsp3) is 0. The number of hydrogen-bond acceptors (Lipinski definition) is 1. The van der Waals surface area contributed by atoms with E-state index in [4.69, 9.17) is 5.02 Å². The quantitative estimate of drug-likeness (QED) is 0.524. The minimum Gasteiger partial charge on any atom is -0.748 e. The molecule has 0 bridgehead atoms. The van der Waals surface area contributed by atoms with Crippen LogP contribution < -0.4 is 0 Å². The van der Waals surface area contributed by atoms with Crippen molar-refractivity contribution in [3.63, 3.8) is 0 Å². The molecule has 13 heavy (non-hydrogen) atoms. The van der Waals surface area contributed by atoms with Crippen molar-refractivity contribution in [2.24, 2.45) is 0 Å². The molecule has 2 radical (unpaired) electrons. The van der Waals surface area contributed by atoms with Crippen LogP contribution >= 0.6 is 0 Å². The maximum atomic E-state index is 6.50. The van der Waals surface area contributed by atoms with E-state index >= 15 is 0 Å². The monoisotopic (exact) mass is 214 g/mol. The molecule has 2 aromatic carbocycles. The summed E-state index contributed by atoms with van der Waals surface area (Å²) < 4.78 is 0. The molecule has 1 nitrogen and oxygen atoms in total. The Morgan fingerprint density at radius 3 is 1.23 bits per heavy atom. The van der Waals surface area contributed by atoms with Gasteiger partial charge in [-0.1, -0.05) is 0 Å². The average molecular weight is 214 g/mol. The van der Waals surface area contributed by atoms with E-state index in [1.807, 2.05) is 60.7 Å². The van der Waals surface area contributed by atoms with Gasteiger partial charge in [-0.05, 0) is 0 Å². The van der Waals surface area contributed by atoms with Gasteiger partial charge in [0.2, 0.25) is 0 Å². The van der Waals surface area contributed by atoms with Crippen LogP contribution in [0.3, 0.4) is 0 Å². The van der Waals surface area contributed by atoms with Crippen LogP contribution in [0.2, 0.25) is 0 Å². The Balaban J connectivity index is 0. The van der Waals surface area contributed by atoms with Gasteiger partial charge in [-0.3, -0.25) is 0 Å². The molecule has 1 N–H and O–H groups in total. The molecule has 0 amide bonds. The standard InChI is InChI=1S/2C5H5.BHO.Fe/c2*1-2-4-5-3-1;1-2;/h2*1-5H;2H;/q-5;-1;;. The van der Waals surface area contributed by atoms with Crippen LogP contribution in [-0.2, 0) is 17.1 Å². The second-order valence-corrected chi connectivity index (χ2v) is 1.92. The molecule has 0 fully saturated rings. The average Bonchev–Trinajstić information content (AvgIpc) is 2.87. The maximum absolute atomic E-state index is 6.50. The van der Waals surface area contributed by atoms with Crippen molar-refractivity contribution in [2.75, 3.05) is 0 Å². The van der Waals surface area contributed by atoms with Crippen molar-refractivity contribution in [1.29, 1.82) is 0 Å². The third-order valence-corrected chi connectivity index (χ3v) is 1.11. The van der Waals surface area contributed by atoms with E-state index in [1.165, 1.54) is 0 Å². The first kappa shape index (κ1) is 14.8. The van der Waals surface area contributed by atoms with Gasteiger partial charge in [0.25, 0.3) is 8.05 Å². The SMILES string of the molecule is [B]O.[Fe].[cH-]1[cH-][cH-][cH-][cH-]1.c1cc[cH-]c1. The Kier molecular flexibility index (Phi) is 15.7. The van der Waals surface area contributed by atoms with Gasteiger partial charge in [-0.25, -0.2) is 12.1 Å². The Hall–Kier alpha value is -0.756. The third-order valence-electron chi connectivity index (χ3n) is 1.11. The van der Waals surface area contributed by atoms with E-state index in [9.17, 15) is 0 Å². The van der Waals surface area contributed by atoms with Crippen molar-refractivity contribution in [3.8, 4) is 0 Å². The van der Waals surface area contributed by atoms with Crippen LogP contribution in [0, 0.1) is 0 Å². The first-order chi connectivity index (χ1) is 6.00. The topological polar surface area (TPSA) is 20.2 Å². The van der Waals surface area contributed by atoms with Crippen LogP contribution in [0.5, 0.6) is 0 Å². The normalized spacial score (nSPS) is 6.54. The van der Waals surface area contributed by atoms with Gasteiger partial charge in [0.1, 0.15) is 0 Å². The van der Waals surface area contributed by atoms with Gasteiger partial charge in [-0.2, -0.15) is 18.2 Å². The molecule has 0 aliphatic carbocycles. The summed E-state index contributed by atoms with van der Waals surface area (Å²) in [6.45, 7) is 0. The summed E-state index contributed by atoms with van der Waals surface area (Å²) in [7, 11) is 3.50. The molecule has 0 aliphatic heterocycles. The molecule has 0 heterocycles.